The van der Waals surface area contributed by atoms with Crippen molar-refractivity contribution >= 4 is 5.82 Å². The fraction of sp³-hybridized carbons (Fsp3) is 0.375. The van der Waals surface area contributed by atoms with Crippen LogP contribution >= 0.6 is 0 Å². The Bertz CT molecular complexity index is 262. The molecule has 1 aromatic heterocycles. The van der Waals surface area contributed by atoms with E-state index in [1.54, 1.807) is 12.3 Å². The summed E-state index contributed by atoms with van der Waals surface area (Å²) in [5.41, 5.74) is 11.7. The molecule has 12 heavy (non-hydrogen) atoms. The summed E-state index contributed by atoms with van der Waals surface area (Å²) in [5.74, 6) is 1.26. The maximum absolute atomic E-state index is 5.57. The quantitative estimate of drug-likeness (QED) is 0.679. The van der Waals surface area contributed by atoms with Crippen LogP contribution in [0.15, 0.2) is 12.3 Å². The summed E-state index contributed by atoms with van der Waals surface area (Å²) in [4.78, 5) is 3.91. The Morgan fingerprint density at radius 1 is 1.58 bits per heavy atom. The van der Waals surface area contributed by atoms with Gasteiger partial charge in [0, 0.05) is 18.3 Å². The van der Waals surface area contributed by atoms with Crippen LogP contribution in [0.3, 0.4) is 0 Å². The third-order valence-corrected chi connectivity index (χ3v) is 1.57. The topological polar surface area (TPSA) is 74.2 Å². The van der Waals surface area contributed by atoms with Crippen molar-refractivity contribution in [2.75, 3.05) is 18.9 Å². The molecule has 0 bridgehead atoms. The SMILES string of the molecule is Cc1c(OCCN)ccnc1N. The second-order valence-corrected chi connectivity index (χ2v) is 2.46. The molecule has 0 aliphatic rings. The van der Waals surface area contributed by atoms with Crippen LogP contribution in [0.1, 0.15) is 5.56 Å². The minimum atomic E-state index is 0.502. The molecule has 0 radical (unpaired) electrons. The fourth-order valence-electron chi connectivity index (χ4n) is 0.859. The zero-order valence-corrected chi connectivity index (χ0v) is 7.08. The lowest BCUT2D eigenvalue weighted by atomic mass is 10.2. The second-order valence-electron chi connectivity index (χ2n) is 2.46. The highest BCUT2D eigenvalue weighted by atomic mass is 16.5. The van der Waals surface area contributed by atoms with E-state index in [1.165, 1.54) is 0 Å². The maximum Gasteiger partial charge on any atom is 0.129 e. The summed E-state index contributed by atoms with van der Waals surface area (Å²) < 4.78 is 5.32. The standard InChI is InChI=1S/C8H13N3O/c1-6-7(12-5-3-9)2-4-11-8(6)10/h2,4H,3,5,9H2,1H3,(H2,10,11). The van der Waals surface area contributed by atoms with Gasteiger partial charge in [0.2, 0.25) is 0 Å². The van der Waals surface area contributed by atoms with Crippen LogP contribution in [-0.2, 0) is 0 Å². The normalized spacial score (nSPS) is 9.83. The predicted molar refractivity (Wildman–Crippen MR) is 47.9 cm³/mol. The molecular formula is C8H13N3O. The van der Waals surface area contributed by atoms with Crippen molar-refractivity contribution < 1.29 is 4.74 Å². The average molecular weight is 167 g/mol. The number of nitrogen functional groups attached to an aromatic ring is 1. The first kappa shape index (κ1) is 8.80. The van der Waals surface area contributed by atoms with Gasteiger partial charge in [0.05, 0.1) is 0 Å². The summed E-state index contributed by atoms with van der Waals surface area (Å²) in [6, 6.07) is 1.78. The first-order valence-electron chi connectivity index (χ1n) is 3.79. The molecule has 4 N–H and O–H groups in total. The Hall–Kier alpha value is -1.29. The second kappa shape index (κ2) is 3.92. The number of rotatable bonds is 3. The van der Waals surface area contributed by atoms with Gasteiger partial charge in [-0.25, -0.2) is 4.98 Å². The lowest BCUT2D eigenvalue weighted by Crippen LogP contribution is -2.11. The number of hydrogen-bond acceptors (Lipinski definition) is 4. The van der Waals surface area contributed by atoms with Gasteiger partial charge in [-0.3, -0.25) is 0 Å². The summed E-state index contributed by atoms with van der Waals surface area (Å²) in [5, 5.41) is 0. The van der Waals surface area contributed by atoms with Crippen molar-refractivity contribution in [1.82, 2.24) is 4.98 Å². The number of anilines is 1. The minimum Gasteiger partial charge on any atom is -0.492 e. The van der Waals surface area contributed by atoms with Crippen LogP contribution in [-0.4, -0.2) is 18.1 Å². The molecule has 0 aliphatic carbocycles. The molecule has 4 nitrogen and oxygen atoms in total. The molecule has 0 saturated carbocycles. The molecule has 0 amide bonds. The smallest absolute Gasteiger partial charge is 0.129 e. The number of ether oxygens (including phenoxy) is 1. The maximum atomic E-state index is 5.57. The molecule has 4 heteroatoms. The Morgan fingerprint density at radius 3 is 3.00 bits per heavy atom. The fourth-order valence-corrected chi connectivity index (χ4v) is 0.859. The average Bonchev–Trinajstić information content (AvgIpc) is 2.08. The van der Waals surface area contributed by atoms with E-state index in [9.17, 15) is 0 Å². The van der Waals surface area contributed by atoms with Gasteiger partial charge < -0.3 is 16.2 Å². The van der Waals surface area contributed by atoms with Crippen molar-refractivity contribution in [3.05, 3.63) is 17.8 Å². The largest absolute Gasteiger partial charge is 0.492 e. The number of nitrogens with zero attached hydrogens (tertiary/aromatic N) is 1. The van der Waals surface area contributed by atoms with Crippen LogP contribution in [0, 0.1) is 6.92 Å². The number of pyridine rings is 1. The van der Waals surface area contributed by atoms with Crippen LogP contribution in [0.4, 0.5) is 5.82 Å². The van der Waals surface area contributed by atoms with Gasteiger partial charge in [0.15, 0.2) is 0 Å². The molecule has 0 aliphatic heterocycles. The van der Waals surface area contributed by atoms with Crippen molar-refractivity contribution in [1.29, 1.82) is 0 Å². The van der Waals surface area contributed by atoms with Gasteiger partial charge in [-0.05, 0) is 13.0 Å². The van der Waals surface area contributed by atoms with Gasteiger partial charge >= 0.3 is 0 Å². The highest BCUT2D eigenvalue weighted by Crippen LogP contribution is 2.20. The molecule has 0 fully saturated rings. The summed E-state index contributed by atoms with van der Waals surface area (Å²) >= 11 is 0. The summed E-state index contributed by atoms with van der Waals surface area (Å²) in [7, 11) is 0. The van der Waals surface area contributed by atoms with E-state index in [-0.39, 0.29) is 0 Å². The monoisotopic (exact) mass is 167 g/mol. The molecule has 66 valence electrons. The number of hydrogen-bond donors (Lipinski definition) is 2. The van der Waals surface area contributed by atoms with Crippen molar-refractivity contribution in [3.8, 4) is 5.75 Å². The van der Waals surface area contributed by atoms with Crippen LogP contribution in [0.2, 0.25) is 0 Å². The van der Waals surface area contributed by atoms with Gasteiger partial charge in [-0.2, -0.15) is 0 Å². The van der Waals surface area contributed by atoms with Crippen molar-refractivity contribution in [3.63, 3.8) is 0 Å². The molecule has 1 heterocycles. The molecule has 0 aromatic carbocycles. The highest BCUT2D eigenvalue weighted by Gasteiger charge is 2.01. The third-order valence-electron chi connectivity index (χ3n) is 1.57. The Kier molecular flexibility index (Phi) is 2.88. The first-order chi connectivity index (χ1) is 5.75. The van der Waals surface area contributed by atoms with E-state index in [0.29, 0.717) is 19.0 Å². The highest BCUT2D eigenvalue weighted by molar-refractivity contribution is 5.46. The van der Waals surface area contributed by atoms with E-state index in [0.717, 1.165) is 11.3 Å². The summed E-state index contributed by atoms with van der Waals surface area (Å²) in [6.45, 7) is 2.88. The lowest BCUT2D eigenvalue weighted by molar-refractivity contribution is 0.326. The van der Waals surface area contributed by atoms with E-state index in [1.807, 2.05) is 6.92 Å². The third kappa shape index (κ3) is 1.85. The van der Waals surface area contributed by atoms with Gasteiger partial charge in [-0.15, -0.1) is 0 Å². The van der Waals surface area contributed by atoms with Crippen LogP contribution in [0.5, 0.6) is 5.75 Å². The van der Waals surface area contributed by atoms with E-state index in [4.69, 9.17) is 16.2 Å². The molecule has 0 unspecified atom stereocenters. The van der Waals surface area contributed by atoms with Crippen molar-refractivity contribution in [2.45, 2.75) is 6.92 Å². The van der Waals surface area contributed by atoms with Gasteiger partial charge in [-0.1, -0.05) is 0 Å². The molecule has 0 atom stereocenters. The van der Waals surface area contributed by atoms with Gasteiger partial charge in [0.25, 0.3) is 0 Å². The van der Waals surface area contributed by atoms with Crippen LogP contribution < -0.4 is 16.2 Å². The zero-order chi connectivity index (χ0) is 8.97. The minimum absolute atomic E-state index is 0.502. The van der Waals surface area contributed by atoms with Crippen molar-refractivity contribution in [2.24, 2.45) is 5.73 Å². The summed E-state index contributed by atoms with van der Waals surface area (Å²) in [6.07, 6.45) is 1.62. The zero-order valence-electron chi connectivity index (χ0n) is 7.08. The van der Waals surface area contributed by atoms with E-state index in [2.05, 4.69) is 4.98 Å². The van der Waals surface area contributed by atoms with Gasteiger partial charge in [0.1, 0.15) is 18.2 Å². The van der Waals surface area contributed by atoms with E-state index < -0.39 is 0 Å². The Labute approximate surface area is 71.5 Å². The molecule has 1 aromatic rings. The first-order valence-corrected chi connectivity index (χ1v) is 3.79. The molecule has 1 rings (SSSR count). The predicted octanol–water partition coefficient (Wildman–Crippen LogP) is 0.310. The Morgan fingerprint density at radius 2 is 2.33 bits per heavy atom. The molecule has 0 spiro atoms. The molecular weight excluding hydrogens is 154 g/mol. The molecule has 0 saturated heterocycles. The Balaban J connectivity index is 2.78. The lowest BCUT2D eigenvalue weighted by Gasteiger charge is -2.08. The number of nitrogens with two attached hydrogens (primary N) is 2. The number of aromatic nitrogens is 1. The van der Waals surface area contributed by atoms with Crippen LogP contribution in [0.25, 0.3) is 0 Å². The van der Waals surface area contributed by atoms with E-state index >= 15 is 0 Å².